The predicted molar refractivity (Wildman–Crippen MR) is 226 cm³/mol. The van der Waals surface area contributed by atoms with Gasteiger partial charge < -0.3 is 18.0 Å². The molecular weight excluding hydrogens is 689 g/mol. The third-order valence-electron chi connectivity index (χ3n) is 11.4. The first kappa shape index (κ1) is 30.4. The second-order valence-corrected chi connectivity index (χ2v) is 14.2. The first-order chi connectivity index (χ1) is 27.7. The van der Waals surface area contributed by atoms with Crippen LogP contribution in [0.25, 0.3) is 115 Å². The van der Waals surface area contributed by atoms with Gasteiger partial charge in [-0.15, -0.1) is 0 Å². The third kappa shape index (κ3) is 4.02. The molecule has 4 aromatic heterocycles. The normalized spacial score (nSPS) is 11.9. The van der Waals surface area contributed by atoms with Gasteiger partial charge in [-0.1, -0.05) is 103 Å². The van der Waals surface area contributed by atoms with Crippen LogP contribution in [-0.2, 0) is 0 Å². The number of furan rings is 2. The molecule has 258 valence electrons. The molecule has 0 unspecified atom stereocenters. The molecule has 0 saturated carbocycles. The van der Waals surface area contributed by atoms with Gasteiger partial charge in [0.15, 0.2) is 0 Å². The minimum Gasteiger partial charge on any atom is -0.456 e. The average molecular weight is 715 g/mol. The van der Waals surface area contributed by atoms with E-state index in [0.29, 0.717) is 11.3 Å². The molecule has 0 aliphatic heterocycles. The maximum atomic E-state index is 10.9. The lowest BCUT2D eigenvalue weighted by Crippen LogP contribution is -2.03. The minimum atomic E-state index is 0.495. The molecule has 0 saturated heterocycles. The van der Waals surface area contributed by atoms with Crippen molar-refractivity contribution < 1.29 is 8.83 Å². The molecule has 12 rings (SSSR count). The number of nitriles is 1. The highest BCUT2D eigenvalue weighted by Gasteiger charge is 2.25. The van der Waals surface area contributed by atoms with Crippen LogP contribution in [0.3, 0.4) is 0 Å². The van der Waals surface area contributed by atoms with Crippen LogP contribution in [0, 0.1) is 17.9 Å². The van der Waals surface area contributed by atoms with Crippen molar-refractivity contribution >= 4 is 93.2 Å². The van der Waals surface area contributed by atoms with Crippen molar-refractivity contribution in [1.82, 2.24) is 9.13 Å². The molecule has 0 fully saturated rings. The Labute approximate surface area is 318 Å². The molecule has 0 spiro atoms. The van der Waals surface area contributed by atoms with E-state index in [2.05, 4.69) is 105 Å². The van der Waals surface area contributed by atoms with Crippen LogP contribution in [0.2, 0.25) is 0 Å². The number of para-hydroxylation sites is 6. The third-order valence-corrected chi connectivity index (χ3v) is 11.4. The topological polar surface area (TPSA) is 64.3 Å². The first-order valence-electron chi connectivity index (χ1n) is 18.4. The minimum absolute atomic E-state index is 0.495. The Balaban J connectivity index is 1.21. The van der Waals surface area contributed by atoms with Crippen molar-refractivity contribution in [1.29, 1.82) is 5.26 Å². The Kier molecular flexibility index (Phi) is 6.10. The van der Waals surface area contributed by atoms with Gasteiger partial charge in [-0.05, 0) is 48.0 Å². The number of benzene rings is 8. The second-order valence-electron chi connectivity index (χ2n) is 14.2. The molecule has 0 aliphatic carbocycles. The fraction of sp³-hybridized carbons (Fsp3) is 0. The van der Waals surface area contributed by atoms with Gasteiger partial charge in [0.05, 0.1) is 45.6 Å². The molecule has 0 aliphatic rings. The van der Waals surface area contributed by atoms with Crippen molar-refractivity contribution in [3.05, 3.63) is 175 Å². The molecule has 0 atom stereocenters. The van der Waals surface area contributed by atoms with Crippen LogP contribution in [0.5, 0.6) is 0 Å². The van der Waals surface area contributed by atoms with E-state index in [0.717, 1.165) is 110 Å². The van der Waals surface area contributed by atoms with E-state index in [4.69, 9.17) is 15.4 Å². The molecular formula is C50H26N4O2. The summed E-state index contributed by atoms with van der Waals surface area (Å²) in [6.07, 6.45) is 0. The summed E-state index contributed by atoms with van der Waals surface area (Å²) in [4.78, 5) is 4.13. The number of aromatic nitrogens is 2. The Morgan fingerprint density at radius 3 is 1.46 bits per heavy atom. The molecule has 0 bridgehead atoms. The van der Waals surface area contributed by atoms with E-state index in [-0.39, 0.29) is 0 Å². The van der Waals surface area contributed by atoms with Crippen LogP contribution in [0.4, 0.5) is 5.69 Å². The van der Waals surface area contributed by atoms with Gasteiger partial charge in [0.25, 0.3) is 0 Å². The summed E-state index contributed by atoms with van der Waals surface area (Å²) in [5.41, 5.74) is 11.1. The maximum Gasteiger partial charge on any atom is 0.211 e. The lowest BCUT2D eigenvalue weighted by molar-refractivity contribution is 0.669. The van der Waals surface area contributed by atoms with Crippen LogP contribution in [0.15, 0.2) is 167 Å². The standard InChI is InChI=1S/C50H26N4O2/c1-52-40-19-11-18-35(50(40)54-42-21-7-3-14-31(42)37-25-39-33-16-5-9-23-46(33)56-48(39)27-44(37)54)34-17-10-12-29(28-51)49(34)53-41-20-6-2-13-30(41)36-24-38-32-15-4-8-22-45(32)55-47(38)26-43(36)53/h2-27H. The van der Waals surface area contributed by atoms with Crippen LogP contribution in [0.1, 0.15) is 5.56 Å². The Morgan fingerprint density at radius 2 is 0.911 bits per heavy atom. The monoisotopic (exact) mass is 714 g/mol. The highest BCUT2D eigenvalue weighted by atomic mass is 16.3. The molecule has 0 amide bonds. The number of hydrogen-bond donors (Lipinski definition) is 0. The fourth-order valence-electron chi connectivity index (χ4n) is 9.02. The van der Waals surface area contributed by atoms with Crippen molar-refractivity contribution in [2.24, 2.45) is 0 Å². The van der Waals surface area contributed by atoms with Gasteiger partial charge in [0, 0.05) is 60.8 Å². The van der Waals surface area contributed by atoms with Crippen LogP contribution in [-0.4, -0.2) is 9.13 Å². The SMILES string of the molecule is [C-]#[N+]c1cccc(-c2cccc(C#N)c2-n2c3ccccc3c3cc4c(cc32)oc2ccccc24)c1-n1c2ccccc2c2cc3c(cc21)oc1ccccc13. The molecule has 0 N–H and O–H groups in total. The predicted octanol–water partition coefficient (Wildman–Crippen LogP) is 13.8. The zero-order valence-corrected chi connectivity index (χ0v) is 29.6. The van der Waals surface area contributed by atoms with Gasteiger partial charge in [-0.3, -0.25) is 0 Å². The molecule has 4 heterocycles. The zero-order chi connectivity index (χ0) is 37.1. The molecule has 12 aromatic rings. The summed E-state index contributed by atoms with van der Waals surface area (Å²) in [6, 6.07) is 55.8. The smallest absolute Gasteiger partial charge is 0.211 e. The Morgan fingerprint density at radius 1 is 0.429 bits per heavy atom. The summed E-state index contributed by atoms with van der Waals surface area (Å²) in [7, 11) is 0. The lowest BCUT2D eigenvalue weighted by atomic mass is 9.97. The van der Waals surface area contributed by atoms with Gasteiger partial charge >= 0.3 is 0 Å². The highest BCUT2D eigenvalue weighted by Crippen LogP contribution is 2.46. The van der Waals surface area contributed by atoms with E-state index in [1.165, 1.54) is 0 Å². The summed E-state index contributed by atoms with van der Waals surface area (Å²) in [5.74, 6) is 0. The lowest BCUT2D eigenvalue weighted by Gasteiger charge is -2.20. The number of fused-ring (bicyclic) bond motifs is 12. The number of hydrogen-bond acceptors (Lipinski definition) is 3. The van der Waals surface area contributed by atoms with Crippen molar-refractivity contribution in [3.8, 4) is 28.6 Å². The molecule has 56 heavy (non-hydrogen) atoms. The molecule has 8 aromatic carbocycles. The molecule has 6 heteroatoms. The fourth-order valence-corrected chi connectivity index (χ4v) is 9.02. The highest BCUT2D eigenvalue weighted by molar-refractivity contribution is 6.19. The summed E-state index contributed by atoms with van der Waals surface area (Å²) in [6.45, 7) is 8.50. The average Bonchev–Trinajstić information content (AvgIpc) is 3.98. The van der Waals surface area contributed by atoms with Crippen LogP contribution < -0.4 is 0 Å². The largest absolute Gasteiger partial charge is 0.456 e. The van der Waals surface area contributed by atoms with E-state index >= 15 is 0 Å². The van der Waals surface area contributed by atoms with E-state index in [9.17, 15) is 5.26 Å². The first-order valence-corrected chi connectivity index (χ1v) is 18.4. The number of nitrogens with zero attached hydrogens (tertiary/aromatic N) is 4. The van der Waals surface area contributed by atoms with Gasteiger partial charge in [0.2, 0.25) is 5.69 Å². The maximum absolute atomic E-state index is 10.9. The quantitative estimate of drug-likeness (QED) is 0.171. The molecule has 0 radical (unpaired) electrons. The van der Waals surface area contributed by atoms with Crippen molar-refractivity contribution in [2.45, 2.75) is 0 Å². The summed E-state index contributed by atoms with van der Waals surface area (Å²) < 4.78 is 17.3. The number of rotatable bonds is 3. The summed E-state index contributed by atoms with van der Waals surface area (Å²) in [5, 5.41) is 19.3. The molecule has 6 nitrogen and oxygen atoms in total. The van der Waals surface area contributed by atoms with Crippen LogP contribution >= 0.6 is 0 Å². The van der Waals surface area contributed by atoms with E-state index < -0.39 is 0 Å². The van der Waals surface area contributed by atoms with E-state index in [1.807, 2.05) is 72.8 Å². The second kappa shape index (κ2) is 11.2. The van der Waals surface area contributed by atoms with Gasteiger partial charge in [0.1, 0.15) is 28.4 Å². The Bertz CT molecular complexity index is 3500. The summed E-state index contributed by atoms with van der Waals surface area (Å²) >= 11 is 0. The van der Waals surface area contributed by atoms with Gasteiger partial charge in [-0.25, -0.2) is 4.85 Å². The van der Waals surface area contributed by atoms with E-state index in [1.54, 1.807) is 0 Å². The zero-order valence-electron chi connectivity index (χ0n) is 29.6. The van der Waals surface area contributed by atoms with Crippen molar-refractivity contribution in [3.63, 3.8) is 0 Å². The van der Waals surface area contributed by atoms with Crippen molar-refractivity contribution in [2.75, 3.05) is 0 Å². The van der Waals surface area contributed by atoms with Gasteiger partial charge in [-0.2, -0.15) is 5.26 Å². The Hall–Kier alpha value is -8.06.